The number of aliphatic hydroxyl groups is 1. The van der Waals surface area contributed by atoms with Gasteiger partial charge in [0.1, 0.15) is 35.9 Å². The molecule has 9 aromatic rings. The molecule has 0 saturated heterocycles. The van der Waals surface area contributed by atoms with Gasteiger partial charge < -0.3 is 30.9 Å². The highest BCUT2D eigenvalue weighted by molar-refractivity contribution is 6.40. The highest BCUT2D eigenvalue weighted by Crippen LogP contribution is 2.26. The Labute approximate surface area is 394 Å². The van der Waals surface area contributed by atoms with Gasteiger partial charge in [-0.2, -0.15) is 9.97 Å². The van der Waals surface area contributed by atoms with Crippen LogP contribution in [0.1, 0.15) is 22.3 Å². The zero-order valence-electron chi connectivity index (χ0n) is 35.6. The molecule has 0 bridgehead atoms. The topological polar surface area (TPSA) is 189 Å². The molecule has 0 radical (unpaired) electrons. The van der Waals surface area contributed by atoms with Crippen LogP contribution in [0.2, 0.25) is 0 Å². The van der Waals surface area contributed by atoms with Crippen molar-refractivity contribution in [2.75, 3.05) is 26.6 Å². The third-order valence-electron chi connectivity index (χ3n) is 9.46. The number of nitrogens with zero attached hydrogens (tertiary/aromatic N) is 10. The quantitative estimate of drug-likeness (QED) is 0.0611. The number of halogens is 4. The fourth-order valence-corrected chi connectivity index (χ4v) is 6.35. The summed E-state index contributed by atoms with van der Waals surface area (Å²) in [5.74, 6) is 2.46. The number of alkyl halides is 2. The number of rotatable bonds is 15. The van der Waals surface area contributed by atoms with Gasteiger partial charge in [-0.1, -0.05) is 48.5 Å². The van der Waals surface area contributed by atoms with Crippen molar-refractivity contribution in [2.24, 2.45) is 0 Å². The molecule has 5 aromatic heterocycles. The normalized spacial score (nSPS) is 10.5. The molecule has 0 fully saturated rings. The van der Waals surface area contributed by atoms with Crippen LogP contribution in [-0.2, 0) is 26.2 Å². The molecule has 5 N–H and O–H groups in total. The van der Waals surface area contributed by atoms with Crippen molar-refractivity contribution in [1.82, 2.24) is 49.4 Å². The Bertz CT molecular complexity index is 2930. The van der Waals surface area contributed by atoms with Gasteiger partial charge in [-0.15, -0.1) is 23.2 Å². The second kappa shape index (κ2) is 24.3. The van der Waals surface area contributed by atoms with Crippen molar-refractivity contribution in [1.29, 1.82) is 0 Å². The minimum atomic E-state index is -0.271. The predicted octanol–water partition coefficient (Wildman–Crippen LogP) is 10.0. The van der Waals surface area contributed by atoms with Crippen molar-refractivity contribution in [3.63, 3.8) is 0 Å². The van der Waals surface area contributed by atoms with Crippen molar-refractivity contribution >= 4 is 58.1 Å². The average Bonchev–Trinajstić information content (AvgIpc) is 3.88. The van der Waals surface area contributed by atoms with Gasteiger partial charge in [-0.3, -0.25) is 0 Å². The number of benzene rings is 4. The Morgan fingerprint density at radius 3 is 1.51 bits per heavy atom. The molecule has 0 atom stereocenters. The van der Waals surface area contributed by atoms with Gasteiger partial charge in [0.25, 0.3) is 0 Å². The van der Waals surface area contributed by atoms with E-state index in [1.54, 1.807) is 55.2 Å². The van der Waals surface area contributed by atoms with E-state index >= 15 is 0 Å². The molecular formula is C48H42Cl2F2N14O. The van der Waals surface area contributed by atoms with Crippen molar-refractivity contribution in [2.45, 2.75) is 26.2 Å². The van der Waals surface area contributed by atoms with Crippen LogP contribution in [0.15, 0.2) is 165 Å². The highest BCUT2D eigenvalue weighted by Gasteiger charge is 2.13. The van der Waals surface area contributed by atoms with Gasteiger partial charge >= 0.3 is 0 Å². The molecule has 19 heteroatoms. The largest absolute Gasteiger partial charge is 0.392 e. The second-order valence-electron chi connectivity index (χ2n) is 14.2. The number of hydrogen-bond donors (Lipinski definition) is 5. The molecule has 15 nitrogen and oxygen atoms in total. The Morgan fingerprint density at radius 2 is 1.03 bits per heavy atom. The number of aromatic nitrogens is 10. The maximum atomic E-state index is 13.2. The van der Waals surface area contributed by atoms with E-state index in [1.807, 2.05) is 71.4 Å². The summed E-state index contributed by atoms with van der Waals surface area (Å²) < 4.78 is 28.3. The monoisotopic (exact) mass is 938 g/mol. The van der Waals surface area contributed by atoms with E-state index in [1.165, 1.54) is 36.9 Å². The van der Waals surface area contributed by atoms with Crippen LogP contribution >= 0.6 is 23.2 Å². The van der Waals surface area contributed by atoms with Gasteiger partial charge in [-0.25, -0.2) is 43.7 Å². The van der Waals surface area contributed by atoms with Crippen molar-refractivity contribution in [3.8, 4) is 22.8 Å². The van der Waals surface area contributed by atoms with E-state index in [-0.39, 0.29) is 23.6 Å². The summed E-state index contributed by atoms with van der Waals surface area (Å²) >= 11 is 9.53. The summed E-state index contributed by atoms with van der Waals surface area (Å²) in [5, 5.41) is 22.4. The Balaban J connectivity index is 0.000000189. The van der Waals surface area contributed by atoms with Gasteiger partial charge in [0.15, 0.2) is 11.6 Å². The standard InChI is InChI=1S/C25H21FN8.C22H19FN6O.CH2Cl2/c26-20-8-6-18(7-9-20)14-29-23-22(5-2-10-28-23)24-30-16-31-25(33-24)32-21-4-1-3-19(13-21)15-34-12-11-27-17-34;23-17-8-6-15(7-9-17)12-25-20-19(5-2-10-24-20)21-26-14-27-22(29-21)28-18-4-1-3-16(11-18)13-30;2-1-3/h1-13,16-17H,14-15H2,(H,28,29)(H,30,31,32,33);1-11,14,30H,12-13H2,(H,24,25)(H,26,27,28,29);1H2. The lowest BCUT2D eigenvalue weighted by Gasteiger charge is -2.11. The molecule has 0 spiro atoms. The first-order valence-electron chi connectivity index (χ1n) is 20.5. The number of aliphatic hydroxyl groups excluding tert-OH is 1. The van der Waals surface area contributed by atoms with Crippen molar-refractivity contribution < 1.29 is 13.9 Å². The molecule has 5 heterocycles. The minimum absolute atomic E-state index is 0.0449. The molecule has 0 aliphatic rings. The summed E-state index contributed by atoms with van der Waals surface area (Å²) in [7, 11) is 0. The van der Waals surface area contributed by atoms with Crippen LogP contribution in [0.4, 0.5) is 43.7 Å². The number of anilines is 6. The van der Waals surface area contributed by atoms with Crippen LogP contribution < -0.4 is 21.3 Å². The third kappa shape index (κ3) is 14.2. The number of imidazole rings is 1. The van der Waals surface area contributed by atoms with E-state index < -0.39 is 0 Å². The van der Waals surface area contributed by atoms with Crippen LogP contribution in [0, 0.1) is 11.6 Å². The van der Waals surface area contributed by atoms with Gasteiger partial charge in [-0.05, 0) is 95.1 Å². The lowest BCUT2D eigenvalue weighted by Crippen LogP contribution is -2.05. The van der Waals surface area contributed by atoms with Crippen LogP contribution in [0.5, 0.6) is 0 Å². The van der Waals surface area contributed by atoms with E-state index in [0.29, 0.717) is 53.8 Å². The molecule has 67 heavy (non-hydrogen) atoms. The minimum Gasteiger partial charge on any atom is -0.392 e. The number of pyridine rings is 2. The van der Waals surface area contributed by atoms with E-state index in [9.17, 15) is 13.9 Å². The molecule has 0 unspecified atom stereocenters. The highest BCUT2D eigenvalue weighted by atomic mass is 35.5. The molecular weight excluding hydrogens is 898 g/mol. The lowest BCUT2D eigenvalue weighted by atomic mass is 10.2. The molecule has 0 saturated carbocycles. The van der Waals surface area contributed by atoms with Crippen LogP contribution in [0.3, 0.4) is 0 Å². The molecule has 0 amide bonds. The Kier molecular flexibility index (Phi) is 17.1. The van der Waals surface area contributed by atoms with E-state index in [2.05, 4.69) is 72.2 Å². The zero-order chi connectivity index (χ0) is 46.6. The summed E-state index contributed by atoms with van der Waals surface area (Å²) in [6.45, 7) is 1.64. The second-order valence-corrected chi connectivity index (χ2v) is 15.0. The molecule has 4 aromatic carbocycles. The van der Waals surface area contributed by atoms with Gasteiger partial charge in [0, 0.05) is 55.8 Å². The summed E-state index contributed by atoms with van der Waals surface area (Å²) in [4.78, 5) is 39.1. The third-order valence-corrected chi connectivity index (χ3v) is 9.46. The number of hydrogen-bond acceptors (Lipinski definition) is 14. The summed E-state index contributed by atoms with van der Waals surface area (Å²) in [6, 6.07) is 35.4. The van der Waals surface area contributed by atoms with Crippen LogP contribution in [0.25, 0.3) is 22.8 Å². The molecule has 338 valence electrons. The SMILES string of the molecule is ClCCl.Fc1ccc(CNc2ncccc2-c2ncnc(Nc3cccc(Cn4ccnc4)c3)n2)cc1.OCc1cccc(Nc2ncnc(-c3cccnc3NCc3ccc(F)cc3)n2)c1. The predicted molar refractivity (Wildman–Crippen MR) is 257 cm³/mol. The van der Waals surface area contributed by atoms with Crippen molar-refractivity contribution in [3.05, 3.63) is 199 Å². The molecule has 0 aliphatic heterocycles. The van der Waals surface area contributed by atoms with Crippen LogP contribution in [-0.4, -0.2) is 59.9 Å². The average molecular weight is 940 g/mol. The van der Waals surface area contributed by atoms with Gasteiger partial charge in [0.2, 0.25) is 11.9 Å². The van der Waals surface area contributed by atoms with E-state index in [4.69, 9.17) is 23.2 Å². The first-order valence-corrected chi connectivity index (χ1v) is 21.6. The smallest absolute Gasteiger partial charge is 0.230 e. The lowest BCUT2D eigenvalue weighted by molar-refractivity contribution is 0.282. The Morgan fingerprint density at radius 1 is 0.537 bits per heavy atom. The first kappa shape index (κ1) is 47.0. The fourth-order valence-electron chi connectivity index (χ4n) is 6.35. The summed E-state index contributed by atoms with van der Waals surface area (Å²) in [5.41, 5.74) is 6.86. The molecule has 9 rings (SSSR count). The summed E-state index contributed by atoms with van der Waals surface area (Å²) in [6.07, 6.45) is 11.7. The fraction of sp³-hybridized carbons (Fsp3) is 0.104. The maximum absolute atomic E-state index is 13.2. The number of nitrogens with one attached hydrogen (secondary N) is 4. The maximum Gasteiger partial charge on any atom is 0.230 e. The first-order chi connectivity index (χ1) is 32.8. The van der Waals surface area contributed by atoms with Gasteiger partial charge in [0.05, 0.1) is 29.4 Å². The van der Waals surface area contributed by atoms with E-state index in [0.717, 1.165) is 45.7 Å². The molecule has 0 aliphatic carbocycles. The Hall–Kier alpha value is -7.99. The zero-order valence-corrected chi connectivity index (χ0v) is 37.1.